The van der Waals surface area contributed by atoms with Crippen LogP contribution in [0.4, 0.5) is 5.69 Å². The van der Waals surface area contributed by atoms with Gasteiger partial charge in [0.15, 0.2) is 6.61 Å². The minimum absolute atomic E-state index is 0.0573. The number of anilines is 1. The number of hydrogen-bond acceptors (Lipinski definition) is 5. The molecule has 0 aliphatic heterocycles. The maximum Gasteiger partial charge on any atom is 0.262 e. The van der Waals surface area contributed by atoms with Crippen molar-refractivity contribution in [3.8, 4) is 11.5 Å². The van der Waals surface area contributed by atoms with Crippen LogP contribution in [-0.2, 0) is 11.4 Å². The van der Waals surface area contributed by atoms with Gasteiger partial charge in [-0.15, -0.1) is 0 Å². The second-order valence-corrected chi connectivity index (χ2v) is 7.03. The van der Waals surface area contributed by atoms with Crippen LogP contribution in [0.25, 0.3) is 5.65 Å². The number of aromatic nitrogens is 2. The Balaban J connectivity index is 1.43. The molecule has 0 aliphatic carbocycles. The van der Waals surface area contributed by atoms with E-state index in [1.165, 1.54) is 16.7 Å². The molecule has 0 aliphatic rings. The summed E-state index contributed by atoms with van der Waals surface area (Å²) in [6, 6.07) is 20.8. The number of nitrogens with one attached hydrogen (secondary N) is 1. The van der Waals surface area contributed by atoms with Gasteiger partial charge in [0, 0.05) is 12.3 Å². The Morgan fingerprint density at radius 1 is 1.00 bits per heavy atom. The zero-order chi connectivity index (χ0) is 21.6. The lowest BCUT2D eigenvalue weighted by Gasteiger charge is -2.13. The molecule has 7 nitrogen and oxygen atoms in total. The maximum atomic E-state index is 12.3. The highest BCUT2D eigenvalue weighted by molar-refractivity contribution is 6.30. The van der Waals surface area contributed by atoms with Crippen molar-refractivity contribution >= 4 is 28.8 Å². The second kappa shape index (κ2) is 9.32. The molecule has 0 fully saturated rings. The van der Waals surface area contributed by atoms with Crippen molar-refractivity contribution < 1.29 is 14.3 Å². The number of rotatable bonds is 7. The first kappa shape index (κ1) is 20.4. The van der Waals surface area contributed by atoms with E-state index in [1.54, 1.807) is 48.5 Å². The molecule has 0 radical (unpaired) electrons. The van der Waals surface area contributed by atoms with Gasteiger partial charge in [-0.2, -0.15) is 0 Å². The van der Waals surface area contributed by atoms with Gasteiger partial charge in [0.2, 0.25) is 0 Å². The van der Waals surface area contributed by atoms with Crippen LogP contribution in [0, 0.1) is 0 Å². The molecule has 0 atom stereocenters. The highest BCUT2D eigenvalue weighted by Gasteiger charge is 2.10. The number of ether oxygens (including phenoxy) is 2. The van der Waals surface area contributed by atoms with Crippen molar-refractivity contribution in [2.45, 2.75) is 6.61 Å². The summed E-state index contributed by atoms with van der Waals surface area (Å²) < 4.78 is 12.7. The third-order valence-electron chi connectivity index (χ3n) is 4.33. The largest absolute Gasteiger partial charge is 0.485 e. The third kappa shape index (κ3) is 5.21. The van der Waals surface area contributed by atoms with Gasteiger partial charge in [0.25, 0.3) is 11.5 Å². The fourth-order valence-corrected chi connectivity index (χ4v) is 3.06. The smallest absolute Gasteiger partial charge is 0.262 e. The summed E-state index contributed by atoms with van der Waals surface area (Å²) in [4.78, 5) is 29.0. The Bertz CT molecular complexity index is 1270. The highest BCUT2D eigenvalue weighted by atomic mass is 35.5. The third-order valence-corrected chi connectivity index (χ3v) is 4.55. The molecule has 4 aromatic rings. The van der Waals surface area contributed by atoms with Gasteiger partial charge in [-0.1, -0.05) is 41.9 Å². The van der Waals surface area contributed by atoms with Gasteiger partial charge in [-0.3, -0.25) is 14.0 Å². The molecular formula is C23H18ClN3O4. The standard InChI is InChI=1S/C23H18ClN3O4/c24-16-10-11-21-25-17(12-23(29)27(21)13-16)14-31-20-9-5-4-8-19(20)26-22(28)15-30-18-6-2-1-3-7-18/h1-13H,14-15H2,(H,26,28). The summed E-state index contributed by atoms with van der Waals surface area (Å²) in [5.41, 5.74) is 1.16. The summed E-state index contributed by atoms with van der Waals surface area (Å²) in [5.74, 6) is 0.740. The molecule has 2 aromatic heterocycles. The number of nitrogens with zero attached hydrogens (tertiary/aromatic N) is 2. The van der Waals surface area contributed by atoms with E-state index in [0.717, 1.165) is 0 Å². The lowest BCUT2D eigenvalue weighted by Crippen LogP contribution is -2.20. The maximum absolute atomic E-state index is 12.3. The zero-order valence-electron chi connectivity index (χ0n) is 16.3. The van der Waals surface area contributed by atoms with Crippen LogP contribution in [0.5, 0.6) is 11.5 Å². The van der Waals surface area contributed by atoms with E-state index in [-0.39, 0.29) is 24.7 Å². The lowest BCUT2D eigenvalue weighted by molar-refractivity contribution is -0.118. The van der Waals surface area contributed by atoms with Crippen LogP contribution in [0.2, 0.25) is 5.02 Å². The quantitative estimate of drug-likeness (QED) is 0.475. The first-order valence-electron chi connectivity index (χ1n) is 9.46. The average molecular weight is 436 g/mol. The SMILES string of the molecule is O=C(COc1ccccc1)Nc1ccccc1OCc1cc(=O)n2cc(Cl)ccc2n1. The predicted molar refractivity (Wildman–Crippen MR) is 118 cm³/mol. The van der Waals surface area contributed by atoms with Crippen molar-refractivity contribution in [3.05, 3.63) is 100 Å². The normalized spacial score (nSPS) is 10.6. The minimum Gasteiger partial charge on any atom is -0.485 e. The van der Waals surface area contributed by atoms with Gasteiger partial charge in [-0.25, -0.2) is 4.98 Å². The minimum atomic E-state index is -0.321. The molecule has 1 N–H and O–H groups in total. The molecule has 0 saturated heterocycles. The number of amides is 1. The van der Waals surface area contributed by atoms with Crippen molar-refractivity contribution in [1.29, 1.82) is 0 Å². The number of benzene rings is 2. The molecule has 0 bridgehead atoms. The van der Waals surface area contributed by atoms with Crippen LogP contribution in [0.3, 0.4) is 0 Å². The van der Waals surface area contributed by atoms with Crippen molar-refractivity contribution in [1.82, 2.24) is 9.38 Å². The van der Waals surface area contributed by atoms with Crippen LogP contribution in [0.1, 0.15) is 5.69 Å². The van der Waals surface area contributed by atoms with E-state index in [4.69, 9.17) is 21.1 Å². The fourth-order valence-electron chi connectivity index (χ4n) is 2.90. The van der Waals surface area contributed by atoms with E-state index in [1.807, 2.05) is 18.2 Å². The van der Waals surface area contributed by atoms with Crippen molar-refractivity contribution in [2.24, 2.45) is 0 Å². The number of fused-ring (bicyclic) bond motifs is 1. The predicted octanol–water partition coefficient (Wildman–Crippen LogP) is 3.94. The highest BCUT2D eigenvalue weighted by Crippen LogP contribution is 2.24. The van der Waals surface area contributed by atoms with E-state index < -0.39 is 0 Å². The molecule has 156 valence electrons. The molecule has 31 heavy (non-hydrogen) atoms. The first-order chi connectivity index (χ1) is 15.1. The van der Waals surface area contributed by atoms with Crippen LogP contribution < -0.4 is 20.3 Å². The number of para-hydroxylation sites is 3. The zero-order valence-corrected chi connectivity index (χ0v) is 17.1. The van der Waals surface area contributed by atoms with E-state index >= 15 is 0 Å². The van der Waals surface area contributed by atoms with Gasteiger partial charge in [-0.05, 0) is 36.4 Å². The Morgan fingerprint density at radius 2 is 1.77 bits per heavy atom. The average Bonchev–Trinajstić information content (AvgIpc) is 2.78. The Kier molecular flexibility index (Phi) is 6.14. The van der Waals surface area contributed by atoms with Gasteiger partial charge in [0.05, 0.1) is 16.4 Å². The molecule has 0 spiro atoms. The second-order valence-electron chi connectivity index (χ2n) is 6.60. The molecule has 0 unspecified atom stereocenters. The monoisotopic (exact) mass is 435 g/mol. The molecule has 4 rings (SSSR count). The molecule has 1 amide bonds. The van der Waals surface area contributed by atoms with Crippen LogP contribution in [0.15, 0.2) is 83.8 Å². The summed E-state index contributed by atoms with van der Waals surface area (Å²) in [6.07, 6.45) is 1.51. The van der Waals surface area contributed by atoms with Gasteiger partial charge < -0.3 is 14.8 Å². The van der Waals surface area contributed by atoms with E-state index in [0.29, 0.717) is 33.6 Å². The molecule has 2 aromatic carbocycles. The topological polar surface area (TPSA) is 81.9 Å². The number of carbonyl (C=O) groups is 1. The summed E-state index contributed by atoms with van der Waals surface area (Å²) in [5, 5.41) is 3.22. The summed E-state index contributed by atoms with van der Waals surface area (Å²) >= 11 is 5.93. The number of carbonyl (C=O) groups excluding carboxylic acids is 1. The van der Waals surface area contributed by atoms with Crippen LogP contribution >= 0.6 is 11.6 Å². The Morgan fingerprint density at radius 3 is 2.61 bits per heavy atom. The molecule has 2 heterocycles. The van der Waals surface area contributed by atoms with Crippen molar-refractivity contribution in [2.75, 3.05) is 11.9 Å². The van der Waals surface area contributed by atoms with Crippen molar-refractivity contribution in [3.63, 3.8) is 0 Å². The molecule has 8 heteroatoms. The number of pyridine rings is 1. The molecular weight excluding hydrogens is 418 g/mol. The van der Waals surface area contributed by atoms with Crippen LogP contribution in [-0.4, -0.2) is 21.9 Å². The van der Waals surface area contributed by atoms with Gasteiger partial charge >= 0.3 is 0 Å². The fraction of sp³-hybridized carbons (Fsp3) is 0.0870. The van der Waals surface area contributed by atoms with E-state index in [9.17, 15) is 9.59 Å². The number of hydrogen-bond donors (Lipinski definition) is 1. The van der Waals surface area contributed by atoms with E-state index in [2.05, 4.69) is 10.3 Å². The Hall–Kier alpha value is -3.84. The lowest BCUT2D eigenvalue weighted by atomic mass is 10.3. The summed E-state index contributed by atoms with van der Waals surface area (Å²) in [7, 11) is 0. The Labute approximate surface area is 182 Å². The molecule has 0 saturated carbocycles. The summed E-state index contributed by atoms with van der Waals surface area (Å²) in [6.45, 7) is -0.0777. The van der Waals surface area contributed by atoms with Gasteiger partial charge in [0.1, 0.15) is 23.8 Å². The number of halogens is 1. The first-order valence-corrected chi connectivity index (χ1v) is 9.84.